The second-order valence-corrected chi connectivity index (χ2v) is 4.80. The van der Waals surface area contributed by atoms with Gasteiger partial charge in [0.2, 0.25) is 0 Å². The van der Waals surface area contributed by atoms with Crippen molar-refractivity contribution >= 4 is 11.6 Å². The molecule has 1 aromatic rings. The standard InChI is InChI=1S/C12H19ClN2O/c1-8(2)7-16-11-6-14-12(9(3)4)15-10(11)5-13/h6,8-9H,5,7H2,1-4H3. The molecule has 0 saturated heterocycles. The molecule has 0 aliphatic carbocycles. The number of ether oxygens (including phenoxy) is 1. The zero-order valence-electron chi connectivity index (χ0n) is 10.3. The molecule has 0 amide bonds. The first-order valence-corrected chi connectivity index (χ1v) is 6.12. The molecule has 0 unspecified atom stereocenters. The topological polar surface area (TPSA) is 35.0 Å². The highest BCUT2D eigenvalue weighted by Crippen LogP contribution is 2.20. The summed E-state index contributed by atoms with van der Waals surface area (Å²) in [6.07, 6.45) is 1.72. The van der Waals surface area contributed by atoms with Gasteiger partial charge in [0, 0.05) is 5.92 Å². The van der Waals surface area contributed by atoms with Crippen LogP contribution in [0.15, 0.2) is 6.20 Å². The third-order valence-electron chi connectivity index (χ3n) is 2.06. The molecule has 0 aliphatic rings. The minimum Gasteiger partial charge on any atom is -0.490 e. The molecular weight excluding hydrogens is 224 g/mol. The average Bonchev–Trinajstić information content (AvgIpc) is 2.25. The Bertz CT molecular complexity index is 340. The first-order chi connectivity index (χ1) is 7.54. The summed E-state index contributed by atoms with van der Waals surface area (Å²) in [5.41, 5.74) is 0.779. The summed E-state index contributed by atoms with van der Waals surface area (Å²) >= 11 is 5.85. The van der Waals surface area contributed by atoms with Crippen molar-refractivity contribution in [2.75, 3.05) is 6.61 Å². The smallest absolute Gasteiger partial charge is 0.160 e. The van der Waals surface area contributed by atoms with Gasteiger partial charge in [-0.05, 0) is 5.92 Å². The second-order valence-electron chi connectivity index (χ2n) is 4.53. The molecule has 1 heterocycles. The summed E-state index contributed by atoms with van der Waals surface area (Å²) in [4.78, 5) is 8.67. The molecule has 90 valence electrons. The lowest BCUT2D eigenvalue weighted by Gasteiger charge is -2.12. The number of hydrogen-bond donors (Lipinski definition) is 0. The molecule has 0 saturated carbocycles. The van der Waals surface area contributed by atoms with Crippen LogP contribution >= 0.6 is 11.6 Å². The van der Waals surface area contributed by atoms with Gasteiger partial charge in [0.25, 0.3) is 0 Å². The van der Waals surface area contributed by atoms with Gasteiger partial charge < -0.3 is 4.74 Å². The lowest BCUT2D eigenvalue weighted by molar-refractivity contribution is 0.266. The van der Waals surface area contributed by atoms with E-state index in [9.17, 15) is 0 Å². The van der Waals surface area contributed by atoms with Crippen molar-refractivity contribution in [3.05, 3.63) is 17.7 Å². The highest BCUT2D eigenvalue weighted by molar-refractivity contribution is 6.17. The summed E-state index contributed by atoms with van der Waals surface area (Å²) < 4.78 is 5.61. The van der Waals surface area contributed by atoms with Crippen LogP contribution in [0.5, 0.6) is 5.75 Å². The third kappa shape index (κ3) is 3.63. The van der Waals surface area contributed by atoms with Gasteiger partial charge >= 0.3 is 0 Å². The van der Waals surface area contributed by atoms with Crippen LogP contribution in [-0.4, -0.2) is 16.6 Å². The van der Waals surface area contributed by atoms with Gasteiger partial charge in [0.15, 0.2) is 5.75 Å². The van der Waals surface area contributed by atoms with E-state index >= 15 is 0 Å². The van der Waals surface area contributed by atoms with Crippen molar-refractivity contribution in [3.63, 3.8) is 0 Å². The lowest BCUT2D eigenvalue weighted by Crippen LogP contribution is -2.09. The van der Waals surface area contributed by atoms with Crippen molar-refractivity contribution in [3.8, 4) is 5.75 Å². The Labute approximate surface area is 102 Å². The predicted octanol–water partition coefficient (Wildman–Crippen LogP) is 3.37. The molecule has 0 aromatic carbocycles. The predicted molar refractivity (Wildman–Crippen MR) is 66.0 cm³/mol. The Balaban J connectivity index is 2.84. The monoisotopic (exact) mass is 242 g/mol. The van der Waals surface area contributed by atoms with Gasteiger partial charge in [-0.25, -0.2) is 9.97 Å². The number of halogens is 1. The summed E-state index contributed by atoms with van der Waals surface area (Å²) in [6, 6.07) is 0. The third-order valence-corrected chi connectivity index (χ3v) is 2.32. The minimum absolute atomic E-state index is 0.307. The largest absolute Gasteiger partial charge is 0.490 e. The van der Waals surface area contributed by atoms with Crippen LogP contribution in [0.25, 0.3) is 0 Å². The minimum atomic E-state index is 0.307. The molecule has 4 heteroatoms. The van der Waals surface area contributed by atoms with Crippen LogP contribution in [0, 0.1) is 5.92 Å². The van der Waals surface area contributed by atoms with Crippen LogP contribution in [0.1, 0.15) is 45.1 Å². The van der Waals surface area contributed by atoms with E-state index in [1.54, 1.807) is 6.20 Å². The lowest BCUT2D eigenvalue weighted by atomic mass is 10.2. The molecule has 16 heavy (non-hydrogen) atoms. The van der Waals surface area contributed by atoms with E-state index in [1.807, 2.05) is 0 Å². The van der Waals surface area contributed by atoms with Crippen molar-refractivity contribution in [2.45, 2.75) is 39.5 Å². The van der Waals surface area contributed by atoms with E-state index in [-0.39, 0.29) is 0 Å². The molecule has 0 bridgehead atoms. The fraction of sp³-hybridized carbons (Fsp3) is 0.667. The Morgan fingerprint density at radius 2 is 2.00 bits per heavy atom. The SMILES string of the molecule is CC(C)COc1cnc(C(C)C)nc1CCl. The number of nitrogens with zero attached hydrogens (tertiary/aromatic N) is 2. The Morgan fingerprint density at radius 1 is 1.31 bits per heavy atom. The fourth-order valence-corrected chi connectivity index (χ4v) is 1.36. The Morgan fingerprint density at radius 3 is 2.50 bits per heavy atom. The van der Waals surface area contributed by atoms with Crippen molar-refractivity contribution in [1.82, 2.24) is 9.97 Å². The quantitative estimate of drug-likeness (QED) is 0.743. The molecule has 0 radical (unpaired) electrons. The molecule has 0 N–H and O–H groups in total. The molecule has 0 fully saturated rings. The molecule has 0 atom stereocenters. The van der Waals surface area contributed by atoms with Gasteiger partial charge in [-0.2, -0.15) is 0 Å². The molecule has 1 aromatic heterocycles. The number of alkyl halides is 1. The van der Waals surface area contributed by atoms with Gasteiger partial charge in [0.1, 0.15) is 11.5 Å². The Kier molecular flexibility index (Phi) is 5.00. The normalized spacial score (nSPS) is 11.2. The van der Waals surface area contributed by atoms with Gasteiger partial charge in [-0.3, -0.25) is 0 Å². The van der Waals surface area contributed by atoms with Gasteiger partial charge in [-0.1, -0.05) is 27.7 Å². The van der Waals surface area contributed by atoms with E-state index in [4.69, 9.17) is 16.3 Å². The van der Waals surface area contributed by atoms with Crippen LogP contribution in [-0.2, 0) is 5.88 Å². The van der Waals surface area contributed by atoms with Crippen LogP contribution in [0.3, 0.4) is 0 Å². The number of rotatable bonds is 5. The maximum Gasteiger partial charge on any atom is 0.160 e. The van der Waals surface area contributed by atoms with Crippen LogP contribution in [0.2, 0.25) is 0 Å². The van der Waals surface area contributed by atoms with Crippen LogP contribution < -0.4 is 4.74 Å². The highest BCUT2D eigenvalue weighted by atomic mass is 35.5. The van der Waals surface area contributed by atoms with Crippen LogP contribution in [0.4, 0.5) is 0 Å². The number of aromatic nitrogens is 2. The number of hydrogen-bond acceptors (Lipinski definition) is 3. The van der Waals surface area contributed by atoms with Gasteiger partial charge in [0.05, 0.1) is 18.7 Å². The maximum absolute atomic E-state index is 5.85. The molecule has 0 spiro atoms. The van der Waals surface area contributed by atoms with Crippen molar-refractivity contribution < 1.29 is 4.74 Å². The first kappa shape index (κ1) is 13.2. The zero-order valence-corrected chi connectivity index (χ0v) is 11.1. The van der Waals surface area contributed by atoms with Crippen molar-refractivity contribution in [1.29, 1.82) is 0 Å². The Hall–Kier alpha value is -0.830. The second kappa shape index (κ2) is 6.04. The summed E-state index contributed by atoms with van der Waals surface area (Å²) in [5.74, 6) is 2.66. The molecule has 1 rings (SSSR count). The summed E-state index contributed by atoms with van der Waals surface area (Å²) in [6.45, 7) is 8.98. The molecule has 3 nitrogen and oxygen atoms in total. The highest BCUT2D eigenvalue weighted by Gasteiger charge is 2.10. The summed E-state index contributed by atoms with van der Waals surface area (Å²) in [7, 11) is 0. The van der Waals surface area contributed by atoms with E-state index in [2.05, 4.69) is 37.7 Å². The van der Waals surface area contributed by atoms with E-state index in [0.29, 0.717) is 30.1 Å². The zero-order chi connectivity index (χ0) is 12.1. The molecular formula is C12H19ClN2O. The van der Waals surface area contributed by atoms with E-state index < -0.39 is 0 Å². The first-order valence-electron chi connectivity index (χ1n) is 5.59. The van der Waals surface area contributed by atoms with Crippen molar-refractivity contribution in [2.24, 2.45) is 5.92 Å². The maximum atomic E-state index is 5.85. The molecule has 0 aliphatic heterocycles. The van der Waals surface area contributed by atoms with E-state index in [0.717, 1.165) is 11.5 Å². The van der Waals surface area contributed by atoms with E-state index in [1.165, 1.54) is 0 Å². The fourth-order valence-electron chi connectivity index (χ4n) is 1.17. The average molecular weight is 243 g/mol. The summed E-state index contributed by atoms with van der Waals surface area (Å²) in [5, 5.41) is 0. The van der Waals surface area contributed by atoms with Gasteiger partial charge in [-0.15, -0.1) is 11.6 Å².